The summed E-state index contributed by atoms with van der Waals surface area (Å²) in [7, 11) is 0.351. The molecule has 0 rings (SSSR count). The molecule has 0 saturated carbocycles. The number of nitrogens with one attached hydrogen (secondary N) is 4. The first kappa shape index (κ1) is 30.7. The lowest BCUT2D eigenvalue weighted by Gasteiger charge is -2.37. The van der Waals surface area contributed by atoms with Crippen LogP contribution in [0, 0.1) is 6.57 Å². The molecule has 0 aliphatic carbocycles. The van der Waals surface area contributed by atoms with Crippen LogP contribution >= 0.6 is 8.53 Å². The van der Waals surface area contributed by atoms with Crippen molar-refractivity contribution < 1.29 is 20.0 Å². The van der Waals surface area contributed by atoms with Gasteiger partial charge in [0.15, 0.2) is 0 Å². The predicted molar refractivity (Wildman–Crippen MR) is 138 cm³/mol. The van der Waals surface area contributed by atoms with Gasteiger partial charge in [-0.1, -0.05) is 6.90 Å². The van der Waals surface area contributed by atoms with Crippen molar-refractivity contribution in [3.05, 3.63) is 11.4 Å². The average molecular weight is 505 g/mol. The highest BCUT2D eigenvalue weighted by molar-refractivity contribution is 7.44. The van der Waals surface area contributed by atoms with E-state index in [1.54, 1.807) is 0 Å². The van der Waals surface area contributed by atoms with Gasteiger partial charge in [0.05, 0.1) is 0 Å². The number of hydrogen-bond donors (Lipinski definition) is 4. The van der Waals surface area contributed by atoms with Crippen molar-refractivity contribution in [2.75, 3.05) is 52.9 Å². The Bertz CT molecular complexity index is 601. The normalized spacial score (nSPS) is 13.6. The van der Waals surface area contributed by atoms with Gasteiger partial charge in [-0.2, -0.15) is 0 Å². The summed E-state index contributed by atoms with van der Waals surface area (Å²) in [5.74, 6) is -0.155. The van der Waals surface area contributed by atoms with Crippen LogP contribution in [0.3, 0.4) is 0 Å². The van der Waals surface area contributed by atoms with Gasteiger partial charge in [-0.05, 0) is 67.2 Å². The molecule has 0 aliphatic rings. The second kappa shape index (κ2) is 21.0. The fourth-order valence-electron chi connectivity index (χ4n) is 3.12. The Morgan fingerprint density at radius 1 is 1.06 bits per heavy atom. The highest BCUT2D eigenvalue weighted by Crippen LogP contribution is 2.46. The molecule has 2 atom stereocenters. The third-order valence-electron chi connectivity index (χ3n) is 4.71. The topological polar surface area (TPSA) is 108 Å². The minimum atomic E-state index is -1.50. The van der Waals surface area contributed by atoms with Gasteiger partial charge in [-0.15, -0.1) is 0 Å². The zero-order chi connectivity index (χ0) is 26.5. The molecule has 34 heavy (non-hydrogen) atoms. The Hall–Kier alpha value is -1.34. The molecule has 0 aliphatic heterocycles. The van der Waals surface area contributed by atoms with E-state index in [1.807, 2.05) is 7.05 Å². The summed E-state index contributed by atoms with van der Waals surface area (Å²) < 4.78 is 21.6. The molecule has 0 spiro atoms. The number of rotatable bonds is 21. The van der Waals surface area contributed by atoms with E-state index in [0.29, 0.717) is 39.3 Å². The summed E-state index contributed by atoms with van der Waals surface area (Å²) in [5.41, 5.74) is 0. The minimum absolute atomic E-state index is 0.0662. The molecule has 2 amide bonds. The zero-order valence-corrected chi connectivity index (χ0v) is 22.6. The van der Waals surface area contributed by atoms with Crippen molar-refractivity contribution in [1.29, 1.82) is 0 Å². The number of carbonyl (C=O) groups is 2. The van der Waals surface area contributed by atoms with E-state index in [2.05, 4.69) is 58.5 Å². The Balaban J connectivity index is 5.16. The Morgan fingerprint density at radius 3 is 2.15 bits per heavy atom. The summed E-state index contributed by atoms with van der Waals surface area (Å²) in [6, 6.07) is 0.299. The fourth-order valence-corrected chi connectivity index (χ4v) is 4.82. The summed E-state index contributed by atoms with van der Waals surface area (Å²) in [4.78, 5) is 28.0. The smallest absolute Gasteiger partial charge is 0.259 e. The SMILES string of the molecule is [3H]CCNCCCC(=O)NCC(CNC(=O)CCCNC)OP(OCC[N+]#[C-])N(C(C)C)C(C)C. The van der Waals surface area contributed by atoms with Gasteiger partial charge in [-0.25, -0.2) is 11.2 Å². The number of amides is 2. The van der Waals surface area contributed by atoms with E-state index in [0.717, 1.165) is 13.0 Å². The number of nitrogens with zero attached hydrogens (tertiary/aromatic N) is 2. The quantitative estimate of drug-likeness (QED) is 0.108. The highest BCUT2D eigenvalue weighted by atomic mass is 31.2. The lowest BCUT2D eigenvalue weighted by molar-refractivity contribution is -0.121. The number of hydrogen-bond acceptors (Lipinski definition) is 7. The molecular formula is C23H47N6O4P. The molecule has 0 aromatic heterocycles. The van der Waals surface area contributed by atoms with Crippen LogP contribution in [0.25, 0.3) is 4.85 Å². The van der Waals surface area contributed by atoms with Crippen LogP contribution < -0.4 is 21.3 Å². The lowest BCUT2D eigenvalue weighted by atomic mass is 10.2. The standard InChI is InChI=1S/C23H47N6O4P/c1-8-26-14-10-12-23(31)28-18-21(17-27-22(30)11-9-13-24-6)33-34(32-16-15-25-7)29(19(2)3)20(4)5/h19-21,24,26H,8-18H2,1-6H3,(H,27,30)(H,28,31)/i1T. The molecule has 10 nitrogen and oxygen atoms in total. The Labute approximate surface area is 209 Å². The molecule has 0 heterocycles. The molecular weight excluding hydrogens is 455 g/mol. The largest absolute Gasteiger partial charge is 0.353 e. The van der Waals surface area contributed by atoms with Crippen LogP contribution in [0.2, 0.25) is 0 Å². The summed E-state index contributed by atoms with van der Waals surface area (Å²) in [6.07, 6.45) is 1.72. The molecule has 0 radical (unpaired) electrons. The van der Waals surface area contributed by atoms with Gasteiger partial charge in [0.2, 0.25) is 18.4 Å². The van der Waals surface area contributed by atoms with Gasteiger partial charge in [0, 0.05) is 39.4 Å². The maximum absolute atomic E-state index is 12.3. The zero-order valence-electron chi connectivity index (χ0n) is 22.7. The molecule has 0 saturated heterocycles. The Morgan fingerprint density at radius 2 is 1.65 bits per heavy atom. The monoisotopic (exact) mass is 504 g/mol. The first-order valence-corrected chi connectivity index (χ1v) is 13.3. The molecule has 0 aromatic rings. The van der Waals surface area contributed by atoms with E-state index < -0.39 is 14.6 Å². The van der Waals surface area contributed by atoms with Crippen LogP contribution in [0.15, 0.2) is 0 Å². The fraction of sp³-hybridized carbons (Fsp3) is 0.870. The highest BCUT2D eigenvalue weighted by Gasteiger charge is 2.30. The maximum atomic E-state index is 12.3. The Kier molecular flexibility index (Phi) is 18.9. The summed E-state index contributed by atoms with van der Waals surface area (Å²) in [5, 5.41) is 12.0. The van der Waals surface area contributed by atoms with Crippen molar-refractivity contribution in [1.82, 2.24) is 25.9 Å². The van der Waals surface area contributed by atoms with Crippen LogP contribution in [-0.4, -0.2) is 87.6 Å². The van der Waals surface area contributed by atoms with Crippen LogP contribution in [0.4, 0.5) is 0 Å². The van der Waals surface area contributed by atoms with Crippen LogP contribution in [0.1, 0.15) is 61.6 Å². The maximum Gasteiger partial charge on any atom is 0.259 e. The predicted octanol–water partition coefficient (Wildman–Crippen LogP) is 2.27. The van der Waals surface area contributed by atoms with Crippen LogP contribution in [0.5, 0.6) is 0 Å². The molecule has 4 N–H and O–H groups in total. The van der Waals surface area contributed by atoms with Crippen molar-refractivity contribution in [2.45, 2.75) is 78.5 Å². The third kappa shape index (κ3) is 16.3. The van der Waals surface area contributed by atoms with E-state index in [1.165, 1.54) is 0 Å². The third-order valence-corrected chi connectivity index (χ3v) is 6.89. The van der Waals surface area contributed by atoms with Gasteiger partial charge < -0.3 is 35.2 Å². The molecule has 11 heteroatoms. The van der Waals surface area contributed by atoms with Crippen LogP contribution in [-0.2, 0) is 18.6 Å². The van der Waals surface area contributed by atoms with Gasteiger partial charge in [-0.3, -0.25) is 9.59 Å². The van der Waals surface area contributed by atoms with Crippen molar-refractivity contribution in [3.8, 4) is 0 Å². The van der Waals surface area contributed by atoms with Gasteiger partial charge >= 0.3 is 0 Å². The molecule has 0 aromatic carbocycles. The van der Waals surface area contributed by atoms with E-state index in [-0.39, 0.29) is 50.1 Å². The second-order valence-electron chi connectivity index (χ2n) is 8.42. The van der Waals surface area contributed by atoms with E-state index in [4.69, 9.17) is 17.0 Å². The molecule has 198 valence electrons. The van der Waals surface area contributed by atoms with E-state index >= 15 is 0 Å². The summed E-state index contributed by atoms with van der Waals surface area (Å²) >= 11 is 0. The average Bonchev–Trinajstić information content (AvgIpc) is 2.80. The van der Waals surface area contributed by atoms with E-state index in [9.17, 15) is 9.59 Å². The van der Waals surface area contributed by atoms with Crippen molar-refractivity contribution >= 4 is 20.3 Å². The lowest BCUT2D eigenvalue weighted by Crippen LogP contribution is -2.43. The van der Waals surface area contributed by atoms with Crippen molar-refractivity contribution in [2.24, 2.45) is 0 Å². The van der Waals surface area contributed by atoms with Gasteiger partial charge in [0.25, 0.3) is 8.53 Å². The first-order valence-electron chi connectivity index (χ1n) is 12.9. The summed E-state index contributed by atoms with van der Waals surface area (Å²) in [6.45, 7) is 18.7. The van der Waals surface area contributed by atoms with Gasteiger partial charge in [0.1, 0.15) is 12.7 Å². The minimum Gasteiger partial charge on any atom is -0.353 e. The first-order chi connectivity index (χ1) is 16.8. The number of carbonyl (C=O) groups excluding carboxylic acids is 2. The molecule has 0 bridgehead atoms. The second-order valence-corrected chi connectivity index (χ2v) is 9.82. The molecule has 0 fully saturated rings. The molecule has 2 unspecified atom stereocenters. The van der Waals surface area contributed by atoms with Crippen molar-refractivity contribution in [3.63, 3.8) is 0 Å².